The van der Waals surface area contributed by atoms with E-state index in [4.69, 9.17) is 0 Å². The predicted molar refractivity (Wildman–Crippen MR) is 56.0 cm³/mol. The maximum absolute atomic E-state index is 4.36. The van der Waals surface area contributed by atoms with Gasteiger partial charge in [-0.3, -0.25) is 0 Å². The van der Waals surface area contributed by atoms with Crippen LogP contribution in [0, 0.1) is 5.92 Å². The lowest BCUT2D eigenvalue weighted by atomic mass is 9.87. The van der Waals surface area contributed by atoms with Crippen LogP contribution in [-0.2, 0) is 19.4 Å². The number of aryl methyl sites for hydroxylation is 1. The zero-order valence-corrected chi connectivity index (χ0v) is 8.88. The first-order valence-electron chi connectivity index (χ1n) is 5.27. The maximum atomic E-state index is 4.36. The van der Waals surface area contributed by atoms with Crippen molar-refractivity contribution in [1.82, 2.24) is 15.3 Å². The van der Waals surface area contributed by atoms with Crippen LogP contribution in [0.15, 0.2) is 6.33 Å². The van der Waals surface area contributed by atoms with Gasteiger partial charge >= 0.3 is 0 Å². The monoisotopic (exact) mass is 191 g/mol. The van der Waals surface area contributed by atoms with Gasteiger partial charge in [-0.1, -0.05) is 6.92 Å². The van der Waals surface area contributed by atoms with Gasteiger partial charge in [0.1, 0.15) is 6.33 Å². The van der Waals surface area contributed by atoms with E-state index in [0.29, 0.717) is 0 Å². The minimum atomic E-state index is 0.782. The van der Waals surface area contributed by atoms with Crippen LogP contribution >= 0.6 is 0 Å². The van der Waals surface area contributed by atoms with Crippen molar-refractivity contribution < 1.29 is 0 Å². The van der Waals surface area contributed by atoms with Gasteiger partial charge in [-0.05, 0) is 37.8 Å². The van der Waals surface area contributed by atoms with Crippen LogP contribution in [0.1, 0.15) is 30.3 Å². The zero-order chi connectivity index (χ0) is 9.97. The summed E-state index contributed by atoms with van der Waals surface area (Å²) in [4.78, 5) is 8.70. The van der Waals surface area contributed by atoms with Crippen LogP contribution in [0.3, 0.4) is 0 Å². The summed E-state index contributed by atoms with van der Waals surface area (Å²) in [5.74, 6) is 0.782. The topological polar surface area (TPSA) is 37.8 Å². The summed E-state index contributed by atoms with van der Waals surface area (Å²) >= 11 is 0. The van der Waals surface area contributed by atoms with Gasteiger partial charge in [0.05, 0.1) is 5.69 Å². The number of aromatic nitrogens is 2. The van der Waals surface area contributed by atoms with Crippen LogP contribution < -0.4 is 5.32 Å². The Morgan fingerprint density at radius 3 is 3.14 bits per heavy atom. The molecule has 1 aromatic rings. The molecule has 0 spiro atoms. The molecule has 0 amide bonds. The Balaban J connectivity index is 2.33. The van der Waals surface area contributed by atoms with Crippen molar-refractivity contribution in [3.8, 4) is 0 Å². The average molecular weight is 191 g/mol. The third kappa shape index (κ3) is 1.77. The second-order valence-corrected chi connectivity index (χ2v) is 4.12. The van der Waals surface area contributed by atoms with Crippen LogP contribution in [0.2, 0.25) is 0 Å². The van der Waals surface area contributed by atoms with E-state index in [2.05, 4.69) is 22.2 Å². The Labute approximate surface area is 85.0 Å². The Kier molecular flexibility index (Phi) is 2.77. The normalized spacial score (nSPS) is 20.6. The molecular weight excluding hydrogens is 174 g/mol. The Morgan fingerprint density at radius 2 is 2.36 bits per heavy atom. The van der Waals surface area contributed by atoms with Gasteiger partial charge in [-0.2, -0.15) is 0 Å². The molecular formula is C11H17N3. The molecule has 1 unspecified atom stereocenters. The van der Waals surface area contributed by atoms with Gasteiger partial charge in [0, 0.05) is 12.2 Å². The fourth-order valence-electron chi connectivity index (χ4n) is 2.10. The molecule has 1 aromatic heterocycles. The van der Waals surface area contributed by atoms with E-state index >= 15 is 0 Å². The third-order valence-electron chi connectivity index (χ3n) is 2.89. The SMILES string of the molecule is CNCc1ncnc2c1CC(C)CC2. The molecule has 3 nitrogen and oxygen atoms in total. The molecule has 0 radical (unpaired) electrons. The molecule has 1 aliphatic rings. The number of nitrogens with zero attached hydrogens (tertiary/aromatic N) is 2. The van der Waals surface area contributed by atoms with E-state index in [0.717, 1.165) is 25.3 Å². The van der Waals surface area contributed by atoms with Crippen molar-refractivity contribution in [2.24, 2.45) is 5.92 Å². The van der Waals surface area contributed by atoms with Crippen molar-refractivity contribution in [3.63, 3.8) is 0 Å². The molecule has 1 aliphatic carbocycles. The summed E-state index contributed by atoms with van der Waals surface area (Å²) in [6.07, 6.45) is 5.23. The molecule has 0 aliphatic heterocycles. The first kappa shape index (κ1) is 9.59. The van der Waals surface area contributed by atoms with Gasteiger partial charge in [-0.25, -0.2) is 9.97 Å². The number of rotatable bonds is 2. The number of fused-ring (bicyclic) bond motifs is 1. The number of hydrogen-bond donors (Lipinski definition) is 1. The summed E-state index contributed by atoms with van der Waals surface area (Å²) in [7, 11) is 1.96. The van der Waals surface area contributed by atoms with E-state index in [1.165, 1.54) is 23.4 Å². The van der Waals surface area contributed by atoms with Crippen molar-refractivity contribution >= 4 is 0 Å². The van der Waals surface area contributed by atoms with E-state index < -0.39 is 0 Å². The van der Waals surface area contributed by atoms with E-state index in [-0.39, 0.29) is 0 Å². The first-order chi connectivity index (χ1) is 6.81. The largest absolute Gasteiger partial charge is 0.314 e. The van der Waals surface area contributed by atoms with Crippen LogP contribution in [0.25, 0.3) is 0 Å². The van der Waals surface area contributed by atoms with Crippen LogP contribution in [0.4, 0.5) is 0 Å². The highest BCUT2D eigenvalue weighted by Gasteiger charge is 2.19. The Morgan fingerprint density at radius 1 is 1.50 bits per heavy atom. The van der Waals surface area contributed by atoms with Gasteiger partial charge < -0.3 is 5.32 Å². The molecule has 0 fully saturated rings. The molecule has 1 heterocycles. The standard InChI is InChI=1S/C11H17N3/c1-8-3-4-10-9(5-8)11(6-12-2)14-7-13-10/h7-8,12H,3-6H2,1-2H3. The van der Waals surface area contributed by atoms with Gasteiger partial charge in [0.2, 0.25) is 0 Å². The first-order valence-corrected chi connectivity index (χ1v) is 5.27. The number of nitrogens with one attached hydrogen (secondary N) is 1. The van der Waals surface area contributed by atoms with Gasteiger partial charge in [0.25, 0.3) is 0 Å². The second kappa shape index (κ2) is 4.05. The fourth-order valence-corrected chi connectivity index (χ4v) is 2.10. The molecule has 3 heteroatoms. The molecule has 0 aromatic carbocycles. The number of hydrogen-bond acceptors (Lipinski definition) is 3. The van der Waals surface area contributed by atoms with Crippen LogP contribution in [-0.4, -0.2) is 17.0 Å². The predicted octanol–water partition coefficient (Wildman–Crippen LogP) is 1.32. The molecule has 76 valence electrons. The van der Waals surface area contributed by atoms with Crippen molar-refractivity contribution in [1.29, 1.82) is 0 Å². The molecule has 0 saturated heterocycles. The highest BCUT2D eigenvalue weighted by atomic mass is 14.9. The molecule has 14 heavy (non-hydrogen) atoms. The fraction of sp³-hybridized carbons (Fsp3) is 0.636. The highest BCUT2D eigenvalue weighted by Crippen LogP contribution is 2.25. The lowest BCUT2D eigenvalue weighted by molar-refractivity contribution is 0.486. The minimum Gasteiger partial charge on any atom is -0.314 e. The lowest BCUT2D eigenvalue weighted by Crippen LogP contribution is -2.19. The summed E-state index contributed by atoms with van der Waals surface area (Å²) in [5.41, 5.74) is 3.84. The van der Waals surface area contributed by atoms with Crippen molar-refractivity contribution in [2.45, 2.75) is 32.7 Å². The average Bonchev–Trinajstić information content (AvgIpc) is 2.19. The summed E-state index contributed by atoms with van der Waals surface area (Å²) in [6, 6.07) is 0. The maximum Gasteiger partial charge on any atom is 0.116 e. The Hall–Kier alpha value is -0.960. The van der Waals surface area contributed by atoms with E-state index in [1.54, 1.807) is 6.33 Å². The minimum absolute atomic E-state index is 0.782. The molecule has 1 N–H and O–H groups in total. The molecule has 0 saturated carbocycles. The second-order valence-electron chi connectivity index (χ2n) is 4.12. The lowest BCUT2D eigenvalue weighted by Gasteiger charge is -2.22. The van der Waals surface area contributed by atoms with E-state index in [9.17, 15) is 0 Å². The van der Waals surface area contributed by atoms with Crippen molar-refractivity contribution in [2.75, 3.05) is 7.05 Å². The van der Waals surface area contributed by atoms with E-state index in [1.807, 2.05) is 7.05 Å². The van der Waals surface area contributed by atoms with Crippen molar-refractivity contribution in [3.05, 3.63) is 23.3 Å². The molecule has 2 rings (SSSR count). The molecule has 0 bridgehead atoms. The zero-order valence-electron chi connectivity index (χ0n) is 8.88. The smallest absolute Gasteiger partial charge is 0.116 e. The van der Waals surface area contributed by atoms with Gasteiger partial charge in [-0.15, -0.1) is 0 Å². The Bertz CT molecular complexity index is 322. The third-order valence-corrected chi connectivity index (χ3v) is 2.89. The molecule has 1 atom stereocenters. The van der Waals surface area contributed by atoms with Crippen LogP contribution in [0.5, 0.6) is 0 Å². The van der Waals surface area contributed by atoms with Gasteiger partial charge in [0.15, 0.2) is 0 Å². The summed E-state index contributed by atoms with van der Waals surface area (Å²) in [5, 5.41) is 3.16. The highest BCUT2D eigenvalue weighted by molar-refractivity contribution is 5.27. The summed E-state index contributed by atoms with van der Waals surface area (Å²) < 4.78 is 0. The quantitative estimate of drug-likeness (QED) is 0.766. The summed E-state index contributed by atoms with van der Waals surface area (Å²) in [6.45, 7) is 3.16.